The Labute approximate surface area is 143 Å². The smallest absolute Gasteiger partial charge is 0.339 e. The van der Waals surface area contributed by atoms with Crippen LogP contribution in [0.25, 0.3) is 0 Å². The molecular formula is C17H8F5NO3. The van der Waals surface area contributed by atoms with Gasteiger partial charge in [0.05, 0.1) is 23.6 Å². The van der Waals surface area contributed by atoms with Gasteiger partial charge in [-0.25, -0.2) is 4.39 Å². The highest BCUT2D eigenvalue weighted by atomic mass is 19.3. The predicted molar refractivity (Wildman–Crippen MR) is 77.1 cm³/mol. The molecule has 0 amide bonds. The number of Topliss-reactive ketones (excluding diaryl/α,β-unsaturated/α-hetero) is 1. The summed E-state index contributed by atoms with van der Waals surface area (Å²) in [6, 6.07) is 5.79. The van der Waals surface area contributed by atoms with Crippen molar-refractivity contribution in [3.8, 4) is 23.3 Å². The van der Waals surface area contributed by atoms with E-state index in [1.165, 1.54) is 0 Å². The zero-order valence-corrected chi connectivity index (χ0v) is 12.7. The van der Waals surface area contributed by atoms with Crippen LogP contribution in [0.5, 0.6) is 17.2 Å². The number of halogens is 5. The second kappa shape index (κ2) is 5.69. The molecule has 0 heterocycles. The lowest BCUT2D eigenvalue weighted by molar-refractivity contribution is -0.213. The topological polar surface area (TPSA) is 70.3 Å². The van der Waals surface area contributed by atoms with Gasteiger partial charge in [0.25, 0.3) is 0 Å². The number of hydrogen-bond donors (Lipinski definition) is 1. The van der Waals surface area contributed by atoms with Gasteiger partial charge < -0.3 is 9.84 Å². The maximum Gasteiger partial charge on any atom is 0.339 e. The van der Waals surface area contributed by atoms with Crippen molar-refractivity contribution < 1.29 is 36.6 Å². The summed E-state index contributed by atoms with van der Waals surface area (Å²) in [7, 11) is 0. The molecule has 26 heavy (non-hydrogen) atoms. The minimum atomic E-state index is -4.76. The van der Waals surface area contributed by atoms with Crippen molar-refractivity contribution in [3.05, 3.63) is 52.8 Å². The van der Waals surface area contributed by atoms with Gasteiger partial charge in [-0.05, 0) is 24.3 Å². The van der Waals surface area contributed by atoms with Crippen molar-refractivity contribution in [2.75, 3.05) is 0 Å². The average molecular weight is 369 g/mol. The standard InChI is InChI=1S/C17H8F5NO3/c18-9-3-8(7-23)4-10(5-9)26-13-2-1-11-15(25)14(13)12(24)6-16(19,20)17(11,21)22/h1-5,25H,6H2. The number of nitriles is 1. The number of phenols is 1. The largest absolute Gasteiger partial charge is 0.507 e. The van der Waals surface area contributed by atoms with Crippen LogP contribution in [0.2, 0.25) is 0 Å². The third kappa shape index (κ3) is 2.63. The Hall–Kier alpha value is -3.15. The average Bonchev–Trinajstić information content (AvgIpc) is 2.55. The molecule has 0 aliphatic heterocycles. The van der Waals surface area contributed by atoms with E-state index < -0.39 is 52.5 Å². The zero-order chi connectivity index (χ0) is 19.3. The second-order valence-electron chi connectivity index (χ2n) is 5.60. The molecule has 2 aromatic carbocycles. The lowest BCUT2D eigenvalue weighted by atomic mass is 10.0. The van der Waals surface area contributed by atoms with E-state index in [9.17, 15) is 31.9 Å². The van der Waals surface area contributed by atoms with Crippen LogP contribution in [0.15, 0.2) is 30.3 Å². The summed E-state index contributed by atoms with van der Waals surface area (Å²) in [6.07, 6.45) is -1.84. The molecule has 1 aliphatic carbocycles. The number of aromatic hydroxyl groups is 1. The van der Waals surface area contributed by atoms with Gasteiger partial charge in [0.15, 0.2) is 5.78 Å². The van der Waals surface area contributed by atoms with E-state index in [2.05, 4.69) is 0 Å². The zero-order valence-electron chi connectivity index (χ0n) is 12.7. The van der Waals surface area contributed by atoms with Gasteiger partial charge in [0.2, 0.25) is 0 Å². The van der Waals surface area contributed by atoms with Crippen molar-refractivity contribution >= 4 is 5.78 Å². The number of phenolic OH excluding ortho intramolecular Hbond substituents is 1. The molecule has 9 heteroatoms. The lowest BCUT2D eigenvalue weighted by Gasteiger charge is -2.24. The van der Waals surface area contributed by atoms with E-state index in [1.807, 2.05) is 0 Å². The second-order valence-corrected chi connectivity index (χ2v) is 5.60. The summed E-state index contributed by atoms with van der Waals surface area (Å²) in [4.78, 5) is 12.0. The van der Waals surface area contributed by atoms with E-state index >= 15 is 0 Å². The molecule has 0 spiro atoms. The van der Waals surface area contributed by atoms with Gasteiger partial charge in [-0.15, -0.1) is 0 Å². The quantitative estimate of drug-likeness (QED) is 0.791. The van der Waals surface area contributed by atoms with Crippen LogP contribution in [-0.4, -0.2) is 16.8 Å². The van der Waals surface area contributed by atoms with Crippen LogP contribution in [0, 0.1) is 17.1 Å². The minimum Gasteiger partial charge on any atom is -0.507 e. The fourth-order valence-electron chi connectivity index (χ4n) is 2.59. The number of benzene rings is 2. The SMILES string of the molecule is N#Cc1cc(F)cc(Oc2ccc3c(O)c2C(=O)CC(F)(F)C3(F)F)c1. The maximum atomic E-state index is 13.9. The molecule has 1 aliphatic rings. The third-order valence-electron chi connectivity index (χ3n) is 3.83. The first-order valence-electron chi connectivity index (χ1n) is 7.10. The van der Waals surface area contributed by atoms with Gasteiger partial charge in [0, 0.05) is 6.07 Å². The van der Waals surface area contributed by atoms with Crippen molar-refractivity contribution in [2.24, 2.45) is 0 Å². The Morgan fingerprint density at radius 3 is 2.50 bits per heavy atom. The van der Waals surface area contributed by atoms with Crippen LogP contribution in [0.4, 0.5) is 22.0 Å². The highest BCUT2D eigenvalue weighted by Crippen LogP contribution is 2.53. The van der Waals surface area contributed by atoms with Crippen molar-refractivity contribution in [2.45, 2.75) is 18.3 Å². The number of carbonyl (C=O) groups excluding carboxylic acids is 1. The number of nitrogens with zero attached hydrogens (tertiary/aromatic N) is 1. The number of alkyl halides is 4. The highest BCUT2D eigenvalue weighted by Gasteiger charge is 2.61. The first kappa shape index (κ1) is 17.7. The fourth-order valence-corrected chi connectivity index (χ4v) is 2.59. The molecule has 4 nitrogen and oxygen atoms in total. The first-order valence-corrected chi connectivity index (χ1v) is 7.10. The highest BCUT2D eigenvalue weighted by molar-refractivity contribution is 6.03. The van der Waals surface area contributed by atoms with Crippen LogP contribution in [0.1, 0.15) is 27.9 Å². The van der Waals surface area contributed by atoms with Crippen LogP contribution in [-0.2, 0) is 5.92 Å². The molecule has 2 aromatic rings. The maximum absolute atomic E-state index is 13.9. The minimum absolute atomic E-state index is 0.129. The first-order chi connectivity index (χ1) is 12.1. The van der Waals surface area contributed by atoms with E-state index in [1.54, 1.807) is 6.07 Å². The van der Waals surface area contributed by atoms with Gasteiger partial charge in [0.1, 0.15) is 28.6 Å². The molecule has 134 valence electrons. The Balaban J connectivity index is 2.13. The van der Waals surface area contributed by atoms with Crippen molar-refractivity contribution in [1.82, 2.24) is 0 Å². The number of ether oxygens (including phenoxy) is 1. The Bertz CT molecular complexity index is 966. The molecular weight excluding hydrogens is 361 g/mol. The lowest BCUT2D eigenvalue weighted by Crippen LogP contribution is -2.38. The summed E-state index contributed by atoms with van der Waals surface area (Å²) >= 11 is 0. The van der Waals surface area contributed by atoms with E-state index in [4.69, 9.17) is 10.00 Å². The summed E-state index contributed by atoms with van der Waals surface area (Å²) in [5.41, 5.74) is -2.40. The van der Waals surface area contributed by atoms with Crippen LogP contribution in [0.3, 0.4) is 0 Å². The third-order valence-corrected chi connectivity index (χ3v) is 3.83. The molecule has 0 aromatic heterocycles. The van der Waals surface area contributed by atoms with Gasteiger partial charge >= 0.3 is 11.8 Å². The number of hydrogen-bond acceptors (Lipinski definition) is 4. The molecule has 0 radical (unpaired) electrons. The van der Waals surface area contributed by atoms with E-state index in [0.717, 1.165) is 24.3 Å². The molecule has 0 unspecified atom stereocenters. The monoisotopic (exact) mass is 369 g/mol. The number of rotatable bonds is 2. The number of fused-ring (bicyclic) bond motifs is 2. The van der Waals surface area contributed by atoms with Gasteiger partial charge in [-0.1, -0.05) is 0 Å². The molecule has 2 bridgehead atoms. The fraction of sp³-hybridized carbons (Fsp3) is 0.176. The molecule has 1 N–H and O–H groups in total. The van der Waals surface area contributed by atoms with Gasteiger partial charge in [-0.2, -0.15) is 22.8 Å². The number of carbonyl (C=O) groups is 1. The predicted octanol–water partition coefficient (Wildman–Crippen LogP) is 4.51. The molecule has 0 saturated carbocycles. The summed E-state index contributed by atoms with van der Waals surface area (Å²) in [6.45, 7) is 0. The summed E-state index contributed by atoms with van der Waals surface area (Å²) in [5, 5.41) is 18.7. The molecule has 0 fully saturated rings. The van der Waals surface area contributed by atoms with Crippen LogP contribution >= 0.6 is 0 Å². The Kier molecular flexibility index (Phi) is 3.87. The molecule has 3 rings (SSSR count). The molecule has 0 saturated heterocycles. The normalized spacial score (nSPS) is 17.3. The Morgan fingerprint density at radius 1 is 1.15 bits per heavy atom. The number of ketones is 1. The summed E-state index contributed by atoms with van der Waals surface area (Å²) in [5.74, 6) is -13.9. The Morgan fingerprint density at radius 2 is 1.85 bits per heavy atom. The van der Waals surface area contributed by atoms with E-state index in [0.29, 0.717) is 6.07 Å². The molecule has 0 atom stereocenters. The van der Waals surface area contributed by atoms with Crippen molar-refractivity contribution in [3.63, 3.8) is 0 Å². The summed E-state index contributed by atoms with van der Waals surface area (Å²) < 4.78 is 73.9. The van der Waals surface area contributed by atoms with Gasteiger partial charge in [-0.3, -0.25) is 4.79 Å². The van der Waals surface area contributed by atoms with Crippen molar-refractivity contribution in [1.29, 1.82) is 5.26 Å². The van der Waals surface area contributed by atoms with E-state index in [-0.39, 0.29) is 11.3 Å². The van der Waals surface area contributed by atoms with Crippen LogP contribution < -0.4 is 4.74 Å².